The number of ether oxygens (including phenoxy) is 1. The maximum absolute atomic E-state index is 12.8. The van der Waals surface area contributed by atoms with E-state index in [0.29, 0.717) is 17.5 Å². The van der Waals surface area contributed by atoms with Crippen LogP contribution in [0.5, 0.6) is 5.75 Å². The van der Waals surface area contributed by atoms with E-state index in [9.17, 15) is 4.79 Å². The van der Waals surface area contributed by atoms with Gasteiger partial charge in [0.05, 0.1) is 12.0 Å². The van der Waals surface area contributed by atoms with E-state index in [4.69, 9.17) is 9.73 Å². The SMILES string of the molecule is CCCOc1ccccc1C1N=c2ccccc2=C2C(=O)NC(SC)=NN21. The van der Waals surface area contributed by atoms with E-state index < -0.39 is 6.17 Å². The molecule has 2 heterocycles. The highest BCUT2D eigenvalue weighted by Gasteiger charge is 2.35. The number of thioether (sulfide) groups is 1. The average Bonchev–Trinajstić information content (AvgIpc) is 2.71. The highest BCUT2D eigenvalue weighted by atomic mass is 32.2. The minimum atomic E-state index is -0.462. The first-order valence-electron chi connectivity index (χ1n) is 8.85. The Bertz CT molecular complexity index is 1030. The van der Waals surface area contributed by atoms with Gasteiger partial charge in [-0.2, -0.15) is 0 Å². The number of rotatable bonds is 4. The minimum Gasteiger partial charge on any atom is -0.493 e. The Morgan fingerprint density at radius 3 is 2.78 bits per heavy atom. The van der Waals surface area contributed by atoms with Crippen LogP contribution in [-0.2, 0) is 4.79 Å². The zero-order valence-electron chi connectivity index (χ0n) is 15.2. The second-order valence-corrected chi connectivity index (χ2v) is 6.96. The Labute approximate surface area is 161 Å². The Hall–Kier alpha value is -2.80. The highest BCUT2D eigenvalue weighted by molar-refractivity contribution is 8.13. The van der Waals surface area contributed by atoms with Gasteiger partial charge in [0.2, 0.25) is 0 Å². The van der Waals surface area contributed by atoms with Gasteiger partial charge >= 0.3 is 0 Å². The van der Waals surface area contributed by atoms with Crippen molar-refractivity contribution in [2.45, 2.75) is 19.5 Å². The molecule has 4 rings (SSSR count). The molecule has 0 bridgehead atoms. The molecular formula is C20H20N4O2S. The van der Waals surface area contributed by atoms with Gasteiger partial charge in [-0.1, -0.05) is 55.1 Å². The Kier molecular flexibility index (Phi) is 4.85. The monoisotopic (exact) mass is 380 g/mol. The molecule has 0 aromatic heterocycles. The van der Waals surface area contributed by atoms with Gasteiger partial charge in [-0.25, -0.2) is 5.01 Å². The number of hydrogen-bond donors (Lipinski definition) is 1. The first-order chi connectivity index (χ1) is 13.2. The van der Waals surface area contributed by atoms with E-state index in [0.717, 1.165) is 28.3 Å². The minimum absolute atomic E-state index is 0.173. The third kappa shape index (κ3) is 3.19. The fourth-order valence-electron chi connectivity index (χ4n) is 3.16. The predicted molar refractivity (Wildman–Crippen MR) is 107 cm³/mol. The lowest BCUT2D eigenvalue weighted by Crippen LogP contribution is -2.50. The summed E-state index contributed by atoms with van der Waals surface area (Å²) in [6.45, 7) is 2.69. The van der Waals surface area contributed by atoms with Crippen LogP contribution in [0.3, 0.4) is 0 Å². The summed E-state index contributed by atoms with van der Waals surface area (Å²) in [6.07, 6.45) is 2.33. The number of hydrogen-bond acceptors (Lipinski definition) is 6. The molecule has 0 aliphatic carbocycles. The van der Waals surface area contributed by atoms with E-state index in [1.165, 1.54) is 11.8 Å². The van der Waals surface area contributed by atoms with Gasteiger partial charge in [-0.05, 0) is 24.8 Å². The first kappa shape index (κ1) is 17.6. The number of nitrogens with zero attached hydrogens (tertiary/aromatic N) is 3. The summed E-state index contributed by atoms with van der Waals surface area (Å²) in [6, 6.07) is 15.4. The van der Waals surface area contributed by atoms with Crippen molar-refractivity contribution >= 4 is 28.5 Å². The van der Waals surface area contributed by atoms with Crippen LogP contribution in [0.2, 0.25) is 0 Å². The summed E-state index contributed by atoms with van der Waals surface area (Å²) >= 11 is 1.39. The molecule has 1 atom stereocenters. The molecule has 1 unspecified atom stereocenters. The second kappa shape index (κ2) is 7.44. The van der Waals surface area contributed by atoms with Gasteiger partial charge in [0, 0.05) is 10.8 Å². The standard InChI is InChI=1S/C20H20N4O2S/c1-3-12-26-16-11-7-5-9-14(16)18-21-15-10-6-4-8-13(15)17-19(25)22-20(27-2)23-24(17)18/h4-11,18H,3,12H2,1-2H3,(H,22,23,25). The van der Waals surface area contributed by atoms with Crippen molar-refractivity contribution in [1.82, 2.24) is 10.3 Å². The molecule has 0 saturated heterocycles. The zero-order chi connectivity index (χ0) is 18.8. The smallest absolute Gasteiger partial charge is 0.276 e. The normalized spacial score (nSPS) is 18.1. The van der Waals surface area contributed by atoms with E-state index in [-0.39, 0.29) is 5.91 Å². The van der Waals surface area contributed by atoms with E-state index >= 15 is 0 Å². The van der Waals surface area contributed by atoms with Gasteiger partial charge in [0.1, 0.15) is 11.4 Å². The van der Waals surface area contributed by atoms with Crippen molar-refractivity contribution in [3.63, 3.8) is 0 Å². The van der Waals surface area contributed by atoms with Crippen LogP contribution in [0.15, 0.2) is 58.6 Å². The molecule has 7 heteroatoms. The molecule has 6 nitrogen and oxygen atoms in total. The number of carbonyl (C=O) groups is 1. The summed E-state index contributed by atoms with van der Waals surface area (Å²) in [5.41, 5.74) is 1.39. The van der Waals surface area contributed by atoms with E-state index in [1.54, 1.807) is 5.01 Å². The van der Waals surface area contributed by atoms with Crippen molar-refractivity contribution in [2.24, 2.45) is 10.1 Å². The van der Waals surface area contributed by atoms with Crippen LogP contribution in [-0.4, -0.2) is 28.9 Å². The van der Waals surface area contributed by atoms with Crippen molar-refractivity contribution in [2.75, 3.05) is 12.9 Å². The first-order valence-corrected chi connectivity index (χ1v) is 10.1. The van der Waals surface area contributed by atoms with Gasteiger partial charge in [0.25, 0.3) is 5.91 Å². The number of benzene rings is 2. The Morgan fingerprint density at radius 2 is 1.96 bits per heavy atom. The number of carbonyl (C=O) groups excluding carboxylic acids is 1. The molecule has 138 valence electrons. The summed E-state index contributed by atoms with van der Waals surface area (Å²) in [5.74, 6) is 0.590. The second-order valence-electron chi connectivity index (χ2n) is 6.16. The molecule has 1 N–H and O–H groups in total. The molecule has 0 spiro atoms. The Balaban J connectivity index is 1.92. The maximum atomic E-state index is 12.8. The lowest BCUT2D eigenvalue weighted by molar-refractivity contribution is -0.116. The molecule has 2 aromatic rings. The molecule has 0 saturated carbocycles. The third-order valence-corrected chi connectivity index (χ3v) is 4.94. The number of hydrazone groups is 1. The molecular weight excluding hydrogens is 360 g/mol. The number of para-hydroxylation sites is 2. The van der Waals surface area contributed by atoms with Gasteiger partial charge in [-0.3, -0.25) is 15.1 Å². The fourth-order valence-corrected chi connectivity index (χ4v) is 3.52. The summed E-state index contributed by atoms with van der Waals surface area (Å²) in [4.78, 5) is 17.7. The van der Waals surface area contributed by atoms with E-state index in [2.05, 4.69) is 17.3 Å². The van der Waals surface area contributed by atoms with Crippen LogP contribution >= 0.6 is 11.8 Å². The molecule has 0 radical (unpaired) electrons. The number of amides is 1. The quantitative estimate of drug-likeness (QED) is 0.881. The maximum Gasteiger partial charge on any atom is 0.276 e. The van der Waals surface area contributed by atoms with Crippen molar-refractivity contribution in [3.8, 4) is 5.75 Å². The van der Waals surface area contributed by atoms with Crippen LogP contribution in [0.1, 0.15) is 25.1 Å². The average molecular weight is 380 g/mol. The van der Waals surface area contributed by atoms with Gasteiger partial charge < -0.3 is 4.74 Å². The van der Waals surface area contributed by atoms with Gasteiger partial charge in [0.15, 0.2) is 11.3 Å². The van der Waals surface area contributed by atoms with Crippen molar-refractivity contribution in [3.05, 3.63) is 64.7 Å². The van der Waals surface area contributed by atoms with Gasteiger partial charge in [-0.15, -0.1) is 5.10 Å². The molecule has 2 aromatic carbocycles. The molecule has 1 amide bonds. The van der Waals surface area contributed by atoms with Crippen LogP contribution in [0.25, 0.3) is 5.70 Å². The van der Waals surface area contributed by atoms with Crippen molar-refractivity contribution < 1.29 is 9.53 Å². The summed E-state index contributed by atoms with van der Waals surface area (Å²) in [7, 11) is 0. The lowest BCUT2D eigenvalue weighted by atomic mass is 10.1. The van der Waals surface area contributed by atoms with Crippen LogP contribution < -0.4 is 20.6 Å². The predicted octanol–water partition coefficient (Wildman–Crippen LogP) is 1.98. The fraction of sp³-hybridized carbons (Fsp3) is 0.250. The third-order valence-electron chi connectivity index (χ3n) is 4.37. The largest absolute Gasteiger partial charge is 0.493 e. The molecule has 2 aliphatic heterocycles. The lowest BCUT2D eigenvalue weighted by Gasteiger charge is -2.34. The summed E-state index contributed by atoms with van der Waals surface area (Å²) in [5, 5.41) is 11.3. The van der Waals surface area contributed by atoms with Crippen LogP contribution in [0, 0.1) is 0 Å². The van der Waals surface area contributed by atoms with E-state index in [1.807, 2.05) is 54.8 Å². The molecule has 2 aliphatic rings. The molecule has 0 fully saturated rings. The number of nitrogens with one attached hydrogen (secondary N) is 1. The number of amidine groups is 1. The molecule has 27 heavy (non-hydrogen) atoms. The Morgan fingerprint density at radius 1 is 1.19 bits per heavy atom. The highest BCUT2D eigenvalue weighted by Crippen LogP contribution is 2.35. The zero-order valence-corrected chi connectivity index (χ0v) is 16.0. The number of fused-ring (bicyclic) bond motifs is 2. The topological polar surface area (TPSA) is 66.3 Å². The summed E-state index contributed by atoms with van der Waals surface area (Å²) < 4.78 is 5.94. The van der Waals surface area contributed by atoms with Crippen LogP contribution in [0.4, 0.5) is 0 Å². The van der Waals surface area contributed by atoms with Crippen molar-refractivity contribution in [1.29, 1.82) is 0 Å².